The third-order valence-corrected chi connectivity index (χ3v) is 5.07. The van der Waals surface area contributed by atoms with Crippen LogP contribution in [0.15, 0.2) is 30.3 Å². The number of nitriles is 1. The number of hydrogen-bond donors (Lipinski definition) is 1. The molecule has 1 aliphatic carbocycles. The Labute approximate surface area is 148 Å². The van der Waals surface area contributed by atoms with Gasteiger partial charge in [0.05, 0.1) is 12.6 Å². The van der Waals surface area contributed by atoms with Gasteiger partial charge < -0.3 is 10.2 Å². The first kappa shape index (κ1) is 17.4. The van der Waals surface area contributed by atoms with Crippen LogP contribution in [0.5, 0.6) is 0 Å². The van der Waals surface area contributed by atoms with E-state index in [4.69, 9.17) is 0 Å². The monoisotopic (exact) mass is 340 g/mol. The zero-order chi connectivity index (χ0) is 17.9. The molecule has 1 heterocycles. The van der Waals surface area contributed by atoms with Crippen molar-refractivity contribution in [1.82, 2.24) is 15.1 Å². The largest absolute Gasteiger partial charge is 0.337 e. The van der Waals surface area contributed by atoms with Gasteiger partial charge in [0.15, 0.2) is 0 Å². The second-order valence-electron chi connectivity index (χ2n) is 7.07. The first-order chi connectivity index (χ1) is 12.0. The molecule has 3 rings (SSSR count). The van der Waals surface area contributed by atoms with Gasteiger partial charge in [0.1, 0.15) is 5.54 Å². The Morgan fingerprint density at radius 2 is 1.84 bits per heavy atom. The number of piperazine rings is 1. The number of carbonyl (C=O) groups excluding carboxylic acids is 2. The fraction of sp³-hybridized carbons (Fsp3) is 0.526. The van der Waals surface area contributed by atoms with Gasteiger partial charge in [-0.2, -0.15) is 5.26 Å². The van der Waals surface area contributed by atoms with E-state index in [2.05, 4.69) is 11.4 Å². The average Bonchev–Trinajstić information content (AvgIpc) is 3.48. The van der Waals surface area contributed by atoms with Crippen molar-refractivity contribution in [2.75, 3.05) is 32.7 Å². The van der Waals surface area contributed by atoms with E-state index in [0.29, 0.717) is 31.7 Å². The van der Waals surface area contributed by atoms with E-state index in [1.54, 1.807) is 6.92 Å². The van der Waals surface area contributed by atoms with Crippen LogP contribution < -0.4 is 5.32 Å². The van der Waals surface area contributed by atoms with Crippen molar-refractivity contribution in [3.63, 3.8) is 0 Å². The summed E-state index contributed by atoms with van der Waals surface area (Å²) in [4.78, 5) is 28.6. The summed E-state index contributed by atoms with van der Waals surface area (Å²) in [5.74, 6) is 0.205. The van der Waals surface area contributed by atoms with E-state index >= 15 is 0 Å². The maximum Gasteiger partial charge on any atom is 0.253 e. The lowest BCUT2D eigenvalue weighted by Gasteiger charge is -2.35. The summed E-state index contributed by atoms with van der Waals surface area (Å²) in [6, 6.07) is 11.5. The van der Waals surface area contributed by atoms with Gasteiger partial charge in [-0.25, -0.2) is 0 Å². The highest BCUT2D eigenvalue weighted by molar-refractivity contribution is 5.94. The van der Waals surface area contributed by atoms with Crippen LogP contribution in [0.25, 0.3) is 0 Å². The molecule has 1 atom stereocenters. The predicted octanol–water partition coefficient (Wildman–Crippen LogP) is 1.25. The molecule has 132 valence electrons. The highest BCUT2D eigenvalue weighted by atomic mass is 16.2. The molecule has 25 heavy (non-hydrogen) atoms. The van der Waals surface area contributed by atoms with Gasteiger partial charge >= 0.3 is 0 Å². The molecule has 2 aliphatic rings. The number of carbonyl (C=O) groups is 2. The third kappa shape index (κ3) is 4.18. The summed E-state index contributed by atoms with van der Waals surface area (Å²) < 4.78 is 0. The SMILES string of the molecule is CC(C#N)(NC(=O)CN1CCN(C(=O)c2ccccc2)CC1)C1CC1. The Hall–Kier alpha value is -2.39. The lowest BCUT2D eigenvalue weighted by Crippen LogP contribution is -2.54. The lowest BCUT2D eigenvalue weighted by atomic mass is 9.98. The van der Waals surface area contributed by atoms with Crippen molar-refractivity contribution in [2.24, 2.45) is 5.92 Å². The molecule has 0 aromatic heterocycles. The zero-order valence-electron chi connectivity index (χ0n) is 14.6. The van der Waals surface area contributed by atoms with E-state index in [1.165, 1.54) is 0 Å². The van der Waals surface area contributed by atoms with Crippen LogP contribution in [0.4, 0.5) is 0 Å². The molecule has 0 bridgehead atoms. The predicted molar refractivity (Wildman–Crippen MR) is 93.7 cm³/mol. The summed E-state index contributed by atoms with van der Waals surface area (Å²) in [7, 11) is 0. The molecule has 1 N–H and O–H groups in total. The summed E-state index contributed by atoms with van der Waals surface area (Å²) in [6.45, 7) is 4.63. The van der Waals surface area contributed by atoms with Crippen LogP contribution in [0.2, 0.25) is 0 Å². The summed E-state index contributed by atoms with van der Waals surface area (Å²) in [6.07, 6.45) is 2.01. The highest BCUT2D eigenvalue weighted by Crippen LogP contribution is 2.39. The minimum atomic E-state index is -0.748. The van der Waals surface area contributed by atoms with E-state index < -0.39 is 5.54 Å². The Kier molecular flexibility index (Phi) is 5.05. The summed E-state index contributed by atoms with van der Waals surface area (Å²) in [5, 5.41) is 12.2. The Morgan fingerprint density at radius 3 is 2.40 bits per heavy atom. The number of amides is 2. The Balaban J connectivity index is 1.47. The van der Waals surface area contributed by atoms with Crippen LogP contribution in [-0.2, 0) is 4.79 Å². The van der Waals surface area contributed by atoms with Crippen LogP contribution in [0.1, 0.15) is 30.1 Å². The minimum Gasteiger partial charge on any atom is -0.337 e. The van der Waals surface area contributed by atoms with Gasteiger partial charge in [-0.05, 0) is 37.8 Å². The smallest absolute Gasteiger partial charge is 0.253 e. The van der Waals surface area contributed by atoms with Gasteiger partial charge in [0, 0.05) is 31.7 Å². The molecule has 1 saturated carbocycles. The first-order valence-corrected chi connectivity index (χ1v) is 8.81. The first-order valence-electron chi connectivity index (χ1n) is 8.81. The maximum absolute atomic E-state index is 12.4. The molecular formula is C19H24N4O2. The molecule has 6 heteroatoms. The van der Waals surface area contributed by atoms with Crippen molar-refractivity contribution in [1.29, 1.82) is 5.26 Å². The summed E-state index contributed by atoms with van der Waals surface area (Å²) in [5.41, 5.74) is -0.0507. The van der Waals surface area contributed by atoms with Gasteiger partial charge in [0.25, 0.3) is 5.91 Å². The molecule has 0 spiro atoms. The summed E-state index contributed by atoms with van der Waals surface area (Å²) >= 11 is 0. The molecule has 1 aromatic rings. The van der Waals surface area contributed by atoms with E-state index in [0.717, 1.165) is 12.8 Å². The van der Waals surface area contributed by atoms with E-state index in [9.17, 15) is 14.9 Å². The van der Waals surface area contributed by atoms with Crippen molar-refractivity contribution >= 4 is 11.8 Å². The quantitative estimate of drug-likeness (QED) is 0.875. The van der Waals surface area contributed by atoms with Gasteiger partial charge in [-0.3, -0.25) is 14.5 Å². The number of hydrogen-bond acceptors (Lipinski definition) is 4. The molecule has 1 saturated heterocycles. The van der Waals surface area contributed by atoms with Crippen molar-refractivity contribution in [2.45, 2.75) is 25.3 Å². The number of rotatable bonds is 5. The highest BCUT2D eigenvalue weighted by Gasteiger charge is 2.43. The fourth-order valence-corrected chi connectivity index (χ4v) is 3.29. The minimum absolute atomic E-state index is 0.0375. The normalized spacial score (nSPS) is 20.4. The van der Waals surface area contributed by atoms with Crippen molar-refractivity contribution in [3.8, 4) is 6.07 Å². The molecular weight excluding hydrogens is 316 g/mol. The lowest BCUT2D eigenvalue weighted by molar-refractivity contribution is -0.124. The molecule has 1 unspecified atom stereocenters. The topological polar surface area (TPSA) is 76.4 Å². The second-order valence-corrected chi connectivity index (χ2v) is 7.07. The maximum atomic E-state index is 12.4. The van der Waals surface area contributed by atoms with Crippen molar-refractivity contribution < 1.29 is 9.59 Å². The van der Waals surface area contributed by atoms with Gasteiger partial charge in [-0.1, -0.05) is 18.2 Å². The van der Waals surface area contributed by atoms with Gasteiger partial charge in [0.2, 0.25) is 5.91 Å². The van der Waals surface area contributed by atoms with Crippen LogP contribution in [0.3, 0.4) is 0 Å². The molecule has 2 amide bonds. The Bertz CT molecular complexity index is 672. The molecule has 1 aliphatic heterocycles. The number of nitrogens with zero attached hydrogens (tertiary/aromatic N) is 3. The standard InChI is InChI=1S/C19H24N4O2/c1-19(14-20,16-7-8-16)21-17(24)13-22-9-11-23(12-10-22)18(25)15-5-3-2-4-6-15/h2-6,16H,7-13H2,1H3,(H,21,24). The van der Waals surface area contributed by atoms with Crippen LogP contribution in [-0.4, -0.2) is 59.9 Å². The van der Waals surface area contributed by atoms with Gasteiger partial charge in [-0.15, -0.1) is 0 Å². The third-order valence-electron chi connectivity index (χ3n) is 5.07. The number of benzene rings is 1. The van der Waals surface area contributed by atoms with E-state index in [-0.39, 0.29) is 24.3 Å². The average molecular weight is 340 g/mol. The van der Waals surface area contributed by atoms with Crippen molar-refractivity contribution in [3.05, 3.63) is 35.9 Å². The molecule has 2 fully saturated rings. The second kappa shape index (κ2) is 7.24. The molecule has 1 aromatic carbocycles. The van der Waals surface area contributed by atoms with Crippen LogP contribution in [0, 0.1) is 17.2 Å². The van der Waals surface area contributed by atoms with Crippen LogP contribution >= 0.6 is 0 Å². The molecule has 6 nitrogen and oxygen atoms in total. The van der Waals surface area contributed by atoms with E-state index in [1.807, 2.05) is 40.1 Å². The Morgan fingerprint density at radius 1 is 1.20 bits per heavy atom. The molecule has 0 radical (unpaired) electrons. The number of nitrogens with one attached hydrogen (secondary N) is 1. The zero-order valence-corrected chi connectivity index (χ0v) is 14.6. The fourth-order valence-electron chi connectivity index (χ4n) is 3.29.